The lowest BCUT2D eigenvalue weighted by atomic mass is 10.0. The van der Waals surface area contributed by atoms with Crippen molar-refractivity contribution in [1.29, 1.82) is 0 Å². The quantitative estimate of drug-likeness (QED) is 0.649. The number of hydrogen-bond acceptors (Lipinski definition) is 4. The molecule has 1 N–H and O–H groups in total. The van der Waals surface area contributed by atoms with Crippen LogP contribution in [0.4, 0.5) is 5.69 Å². The van der Waals surface area contributed by atoms with E-state index >= 15 is 0 Å². The highest BCUT2D eigenvalue weighted by Gasteiger charge is 2.10. The molecule has 0 heterocycles. The van der Waals surface area contributed by atoms with Crippen LogP contribution < -0.4 is 19.5 Å². The summed E-state index contributed by atoms with van der Waals surface area (Å²) in [6.45, 7) is 1.96. The first-order valence-electron chi connectivity index (χ1n) is 8.91. The molecule has 0 atom stereocenters. The first-order valence-corrected chi connectivity index (χ1v) is 8.91. The summed E-state index contributed by atoms with van der Waals surface area (Å²) in [6, 6.07) is 21.2. The summed E-state index contributed by atoms with van der Waals surface area (Å²) in [5, 5.41) is 2.78. The normalized spacial score (nSPS) is 10.2. The molecule has 0 aromatic heterocycles. The average Bonchev–Trinajstić information content (AvgIpc) is 2.73. The Balaban J connectivity index is 1.59. The molecule has 3 aromatic carbocycles. The highest BCUT2D eigenvalue weighted by molar-refractivity contribution is 5.93. The Bertz CT molecular complexity index is 934. The highest BCUT2D eigenvalue weighted by Crippen LogP contribution is 2.29. The van der Waals surface area contributed by atoms with Crippen LogP contribution in [0.1, 0.15) is 5.56 Å². The summed E-state index contributed by atoms with van der Waals surface area (Å²) in [5.74, 6) is 1.53. The van der Waals surface area contributed by atoms with Crippen LogP contribution in [0.5, 0.6) is 17.2 Å². The summed E-state index contributed by atoms with van der Waals surface area (Å²) in [6.07, 6.45) is 0. The third-order valence-corrected chi connectivity index (χ3v) is 4.29. The van der Waals surface area contributed by atoms with E-state index in [-0.39, 0.29) is 12.5 Å². The van der Waals surface area contributed by atoms with Crippen molar-refractivity contribution in [2.75, 3.05) is 26.1 Å². The van der Waals surface area contributed by atoms with Crippen LogP contribution in [0.2, 0.25) is 0 Å². The van der Waals surface area contributed by atoms with Gasteiger partial charge >= 0.3 is 0 Å². The molecule has 3 aromatic rings. The van der Waals surface area contributed by atoms with E-state index in [0.29, 0.717) is 22.9 Å². The van der Waals surface area contributed by atoms with E-state index in [1.165, 1.54) is 5.56 Å². The van der Waals surface area contributed by atoms with Gasteiger partial charge in [0.25, 0.3) is 5.91 Å². The largest absolute Gasteiger partial charge is 0.497 e. The maximum Gasteiger partial charge on any atom is 0.262 e. The maximum absolute atomic E-state index is 12.2. The van der Waals surface area contributed by atoms with Crippen molar-refractivity contribution in [1.82, 2.24) is 0 Å². The lowest BCUT2D eigenvalue weighted by Gasteiger charge is -2.12. The van der Waals surface area contributed by atoms with E-state index in [1.54, 1.807) is 32.4 Å². The second-order valence-electron chi connectivity index (χ2n) is 6.29. The van der Waals surface area contributed by atoms with E-state index in [2.05, 4.69) is 36.5 Å². The number of nitrogens with one attached hydrogen (secondary N) is 1. The van der Waals surface area contributed by atoms with Gasteiger partial charge in [-0.2, -0.15) is 0 Å². The third-order valence-electron chi connectivity index (χ3n) is 4.29. The molecule has 0 unspecified atom stereocenters. The second kappa shape index (κ2) is 8.95. The van der Waals surface area contributed by atoms with Crippen molar-refractivity contribution in [3.05, 3.63) is 72.3 Å². The Morgan fingerprint density at radius 2 is 1.43 bits per heavy atom. The van der Waals surface area contributed by atoms with Crippen LogP contribution in [-0.4, -0.2) is 26.7 Å². The van der Waals surface area contributed by atoms with Crippen molar-refractivity contribution in [2.24, 2.45) is 0 Å². The summed E-state index contributed by atoms with van der Waals surface area (Å²) < 4.78 is 16.0. The van der Waals surface area contributed by atoms with Gasteiger partial charge in [-0.3, -0.25) is 4.79 Å². The molecule has 3 rings (SSSR count). The van der Waals surface area contributed by atoms with Crippen LogP contribution in [0.3, 0.4) is 0 Å². The Kier molecular flexibility index (Phi) is 6.17. The third kappa shape index (κ3) is 4.82. The number of ether oxygens (including phenoxy) is 3. The predicted molar refractivity (Wildman–Crippen MR) is 110 cm³/mol. The lowest BCUT2D eigenvalue weighted by Crippen LogP contribution is -2.20. The average molecular weight is 377 g/mol. The highest BCUT2D eigenvalue weighted by atomic mass is 16.5. The molecule has 5 nitrogen and oxygen atoms in total. The van der Waals surface area contributed by atoms with Crippen molar-refractivity contribution in [3.63, 3.8) is 0 Å². The molecule has 0 saturated heterocycles. The summed E-state index contributed by atoms with van der Waals surface area (Å²) in [7, 11) is 3.11. The molecule has 0 bridgehead atoms. The molecule has 1 amide bonds. The van der Waals surface area contributed by atoms with Gasteiger partial charge < -0.3 is 19.5 Å². The molecule has 0 fully saturated rings. The van der Waals surface area contributed by atoms with Gasteiger partial charge in [0.2, 0.25) is 0 Å². The molecule has 0 saturated carbocycles. The van der Waals surface area contributed by atoms with Gasteiger partial charge in [0.1, 0.15) is 17.2 Å². The number of carbonyl (C=O) groups is 1. The Labute approximate surface area is 164 Å². The number of methoxy groups -OCH3 is 2. The SMILES string of the molecule is COc1ccc(OC)c(NC(=O)COc2ccc(-c3ccc(C)cc3)cc2)c1. The number of carbonyl (C=O) groups excluding carboxylic acids is 1. The maximum atomic E-state index is 12.2. The number of anilines is 1. The van der Waals surface area contributed by atoms with Crippen molar-refractivity contribution in [2.45, 2.75) is 6.92 Å². The first kappa shape index (κ1) is 19.3. The van der Waals surface area contributed by atoms with Gasteiger partial charge in [-0.1, -0.05) is 42.0 Å². The molecule has 28 heavy (non-hydrogen) atoms. The Morgan fingerprint density at radius 3 is 2.04 bits per heavy atom. The molecule has 0 aliphatic rings. The summed E-state index contributed by atoms with van der Waals surface area (Å²) >= 11 is 0. The van der Waals surface area contributed by atoms with Crippen LogP contribution in [-0.2, 0) is 4.79 Å². The van der Waals surface area contributed by atoms with Gasteiger partial charge in [-0.25, -0.2) is 0 Å². The van der Waals surface area contributed by atoms with Crippen LogP contribution in [0.15, 0.2) is 66.7 Å². The van der Waals surface area contributed by atoms with Crippen molar-refractivity contribution < 1.29 is 19.0 Å². The Morgan fingerprint density at radius 1 is 0.821 bits per heavy atom. The number of aryl methyl sites for hydroxylation is 1. The molecular formula is C23H23NO4. The van der Waals surface area contributed by atoms with Gasteiger partial charge in [0.05, 0.1) is 19.9 Å². The zero-order chi connectivity index (χ0) is 19.9. The zero-order valence-corrected chi connectivity index (χ0v) is 16.2. The summed E-state index contributed by atoms with van der Waals surface area (Å²) in [5.41, 5.74) is 3.99. The van der Waals surface area contributed by atoms with E-state index in [1.807, 2.05) is 24.3 Å². The minimum Gasteiger partial charge on any atom is -0.497 e. The fourth-order valence-corrected chi connectivity index (χ4v) is 2.74. The Hall–Kier alpha value is -3.47. The van der Waals surface area contributed by atoms with Crippen LogP contribution in [0, 0.1) is 6.92 Å². The standard InChI is InChI=1S/C23H23NO4/c1-16-4-6-17(7-5-16)18-8-10-19(11-9-18)28-15-23(25)24-21-14-20(26-2)12-13-22(21)27-3/h4-14H,15H2,1-3H3,(H,24,25). The van der Waals surface area contributed by atoms with E-state index < -0.39 is 0 Å². The van der Waals surface area contributed by atoms with Crippen molar-refractivity contribution >= 4 is 11.6 Å². The number of benzene rings is 3. The van der Waals surface area contributed by atoms with Crippen LogP contribution >= 0.6 is 0 Å². The first-order chi connectivity index (χ1) is 13.6. The topological polar surface area (TPSA) is 56.8 Å². The minimum absolute atomic E-state index is 0.107. The molecule has 0 radical (unpaired) electrons. The molecule has 0 aliphatic carbocycles. The van der Waals surface area contributed by atoms with E-state index in [9.17, 15) is 4.79 Å². The van der Waals surface area contributed by atoms with E-state index in [0.717, 1.165) is 11.1 Å². The zero-order valence-electron chi connectivity index (χ0n) is 16.2. The van der Waals surface area contributed by atoms with Gasteiger partial charge in [-0.15, -0.1) is 0 Å². The molecule has 0 aliphatic heterocycles. The van der Waals surface area contributed by atoms with Gasteiger partial charge in [0.15, 0.2) is 6.61 Å². The van der Waals surface area contributed by atoms with Gasteiger partial charge in [-0.05, 0) is 42.3 Å². The number of hydrogen-bond donors (Lipinski definition) is 1. The fourth-order valence-electron chi connectivity index (χ4n) is 2.74. The fraction of sp³-hybridized carbons (Fsp3) is 0.174. The summed E-state index contributed by atoms with van der Waals surface area (Å²) in [4.78, 5) is 12.2. The second-order valence-corrected chi connectivity index (χ2v) is 6.29. The minimum atomic E-state index is -0.283. The molecule has 144 valence electrons. The smallest absolute Gasteiger partial charge is 0.262 e. The van der Waals surface area contributed by atoms with Crippen molar-refractivity contribution in [3.8, 4) is 28.4 Å². The van der Waals surface area contributed by atoms with Gasteiger partial charge in [0, 0.05) is 6.07 Å². The molecular weight excluding hydrogens is 354 g/mol. The molecule has 0 spiro atoms. The predicted octanol–water partition coefficient (Wildman–Crippen LogP) is 4.70. The van der Waals surface area contributed by atoms with Crippen LogP contribution in [0.25, 0.3) is 11.1 Å². The molecule has 5 heteroatoms. The lowest BCUT2D eigenvalue weighted by molar-refractivity contribution is -0.118. The number of rotatable bonds is 7. The van der Waals surface area contributed by atoms with E-state index in [4.69, 9.17) is 14.2 Å². The monoisotopic (exact) mass is 377 g/mol. The number of amides is 1.